The molecule has 0 radical (unpaired) electrons. The molecule has 8 nitrogen and oxygen atoms in total. The van der Waals surface area contributed by atoms with Crippen LogP contribution in [0, 0.1) is 35.5 Å². The standard InChI is InChI=1S/C48H96N6O2S4/c1-37(2)43(57-31-27-51(5)6)23-21-39-17-19-41(35-45(39)59-33-29-53(9)10)47(55)49-25-15-13-14-16-26-50-48(56)42-20-18-40(46(36-42)60-34-30-54(11)12)22-24-44(38(3)4)58-32-28-52(7)8/h37-46H,13-36H2,1-12H3,(H,49,55)(H,50,56). The maximum absolute atomic E-state index is 13.4. The van der Waals surface area contributed by atoms with Crippen molar-refractivity contribution in [2.45, 2.75) is 139 Å². The van der Waals surface area contributed by atoms with Crippen LogP contribution in [-0.4, -0.2) is 171 Å². The van der Waals surface area contributed by atoms with Crippen molar-refractivity contribution in [3.63, 3.8) is 0 Å². The Balaban J connectivity index is 1.73. The Hall–Kier alpha value is 0.180. The van der Waals surface area contributed by atoms with E-state index in [1.165, 1.54) is 50.0 Å². The molecular formula is C48H96N6O2S4. The zero-order chi connectivity index (χ0) is 44.5. The third-order valence-corrected chi connectivity index (χ3v) is 19.0. The number of carbonyl (C=O) groups excluding carboxylic acids is 2. The van der Waals surface area contributed by atoms with Crippen LogP contribution < -0.4 is 10.6 Å². The van der Waals surface area contributed by atoms with Gasteiger partial charge in [0.05, 0.1) is 0 Å². The lowest BCUT2D eigenvalue weighted by atomic mass is 9.78. The van der Waals surface area contributed by atoms with Gasteiger partial charge >= 0.3 is 0 Å². The molecule has 2 aliphatic rings. The molecular weight excluding hydrogens is 821 g/mol. The molecule has 0 aliphatic heterocycles. The van der Waals surface area contributed by atoms with Gasteiger partial charge in [0.1, 0.15) is 0 Å². The fourth-order valence-corrected chi connectivity index (χ4v) is 15.1. The highest BCUT2D eigenvalue weighted by atomic mass is 32.2. The number of carbonyl (C=O) groups is 2. The van der Waals surface area contributed by atoms with Crippen LogP contribution in [0.4, 0.5) is 0 Å². The molecule has 0 heterocycles. The van der Waals surface area contributed by atoms with Gasteiger partial charge in [-0.2, -0.15) is 47.0 Å². The molecule has 2 amide bonds. The molecule has 60 heavy (non-hydrogen) atoms. The number of unbranched alkanes of at least 4 members (excludes halogenated alkanes) is 3. The number of nitrogens with one attached hydrogen (secondary N) is 2. The van der Waals surface area contributed by atoms with Crippen molar-refractivity contribution in [3.8, 4) is 0 Å². The molecule has 2 saturated carbocycles. The summed E-state index contributed by atoms with van der Waals surface area (Å²) in [5.41, 5.74) is 0. The summed E-state index contributed by atoms with van der Waals surface area (Å²) in [6.07, 6.45) is 15.9. The SMILES string of the molecule is CC(C)C(CCC1CCC(C(=O)NCCCCCCNC(=O)C2CCC(CCC(SCCN(C)C)C(C)C)C(SCCN(C)C)C2)CC1SCCN(C)C)SCCN(C)C. The van der Waals surface area contributed by atoms with Gasteiger partial charge in [0.25, 0.3) is 0 Å². The second-order valence-corrected chi connectivity index (χ2v) is 25.4. The molecule has 0 aromatic rings. The zero-order valence-corrected chi connectivity index (χ0v) is 44.2. The van der Waals surface area contributed by atoms with Gasteiger partial charge < -0.3 is 30.2 Å². The van der Waals surface area contributed by atoms with E-state index in [0.717, 1.165) is 124 Å². The van der Waals surface area contributed by atoms with Gasteiger partial charge in [0.15, 0.2) is 0 Å². The van der Waals surface area contributed by atoms with Crippen LogP contribution in [0.1, 0.15) is 118 Å². The average Bonchev–Trinajstić information content (AvgIpc) is 3.18. The molecule has 2 aliphatic carbocycles. The van der Waals surface area contributed by atoms with Gasteiger partial charge in [0, 0.05) is 95.1 Å². The fraction of sp³-hybridized carbons (Fsp3) is 0.958. The van der Waals surface area contributed by atoms with Crippen molar-refractivity contribution in [3.05, 3.63) is 0 Å². The van der Waals surface area contributed by atoms with E-state index in [9.17, 15) is 9.59 Å². The summed E-state index contributed by atoms with van der Waals surface area (Å²) in [5, 5.41) is 9.26. The van der Waals surface area contributed by atoms with Gasteiger partial charge in [-0.1, -0.05) is 40.5 Å². The highest BCUT2D eigenvalue weighted by Crippen LogP contribution is 2.42. The lowest BCUT2D eigenvalue weighted by Crippen LogP contribution is -2.38. The molecule has 0 aromatic heterocycles. The lowest BCUT2D eigenvalue weighted by Gasteiger charge is -2.36. The predicted octanol–water partition coefficient (Wildman–Crippen LogP) is 9.14. The third kappa shape index (κ3) is 25.0. The van der Waals surface area contributed by atoms with Crippen LogP contribution in [0.3, 0.4) is 0 Å². The molecule has 8 atom stereocenters. The molecule has 2 fully saturated rings. The minimum absolute atomic E-state index is 0.152. The third-order valence-electron chi connectivity index (χ3n) is 12.9. The average molecular weight is 918 g/mol. The number of hydrogen-bond donors (Lipinski definition) is 2. The Morgan fingerprint density at radius 3 is 1.20 bits per heavy atom. The van der Waals surface area contributed by atoms with Crippen LogP contribution in [0.5, 0.6) is 0 Å². The Morgan fingerprint density at radius 1 is 0.517 bits per heavy atom. The normalized spacial score (nSPS) is 23.6. The first kappa shape index (κ1) is 56.3. The van der Waals surface area contributed by atoms with E-state index in [2.05, 4.69) is 161 Å². The quantitative estimate of drug-likeness (QED) is 0.0624. The number of nitrogens with zero attached hydrogens (tertiary/aromatic N) is 4. The number of rotatable bonds is 33. The van der Waals surface area contributed by atoms with Gasteiger partial charge in [-0.25, -0.2) is 0 Å². The summed E-state index contributed by atoms with van der Waals surface area (Å²) < 4.78 is 0. The van der Waals surface area contributed by atoms with Gasteiger partial charge in [0.2, 0.25) is 11.8 Å². The van der Waals surface area contributed by atoms with E-state index in [-0.39, 0.29) is 23.7 Å². The minimum atomic E-state index is 0.152. The van der Waals surface area contributed by atoms with Crippen LogP contribution in [0.2, 0.25) is 0 Å². The molecule has 0 bridgehead atoms. The van der Waals surface area contributed by atoms with Crippen LogP contribution >= 0.6 is 47.0 Å². The van der Waals surface area contributed by atoms with Crippen LogP contribution in [0.25, 0.3) is 0 Å². The number of thioether (sulfide) groups is 4. The maximum Gasteiger partial charge on any atom is 0.223 e. The molecule has 2 rings (SSSR count). The molecule has 0 aromatic carbocycles. The fourth-order valence-electron chi connectivity index (χ4n) is 8.77. The van der Waals surface area contributed by atoms with Gasteiger partial charge in [-0.05, 0) is 157 Å². The molecule has 12 heteroatoms. The van der Waals surface area contributed by atoms with Crippen LogP contribution in [0.15, 0.2) is 0 Å². The van der Waals surface area contributed by atoms with Crippen molar-refractivity contribution in [1.29, 1.82) is 0 Å². The largest absolute Gasteiger partial charge is 0.356 e. The molecule has 2 N–H and O–H groups in total. The Kier molecular flexibility index (Phi) is 30.8. The van der Waals surface area contributed by atoms with E-state index < -0.39 is 0 Å². The van der Waals surface area contributed by atoms with Crippen molar-refractivity contribution in [2.24, 2.45) is 35.5 Å². The molecule has 0 saturated heterocycles. The zero-order valence-electron chi connectivity index (χ0n) is 41.0. The summed E-state index contributed by atoms with van der Waals surface area (Å²) in [6.45, 7) is 15.6. The lowest BCUT2D eigenvalue weighted by molar-refractivity contribution is -0.127. The molecule has 8 unspecified atom stereocenters. The van der Waals surface area contributed by atoms with Crippen LogP contribution in [-0.2, 0) is 9.59 Å². The number of hydrogen-bond acceptors (Lipinski definition) is 10. The Labute approximate surface area is 389 Å². The first-order valence-corrected chi connectivity index (χ1v) is 28.4. The highest BCUT2D eigenvalue weighted by molar-refractivity contribution is 8.00. The van der Waals surface area contributed by atoms with Crippen molar-refractivity contribution >= 4 is 58.9 Å². The monoisotopic (exact) mass is 917 g/mol. The van der Waals surface area contributed by atoms with E-state index in [4.69, 9.17) is 0 Å². The number of amides is 2. The van der Waals surface area contributed by atoms with E-state index >= 15 is 0 Å². The van der Waals surface area contributed by atoms with Gasteiger partial charge in [-0.15, -0.1) is 0 Å². The van der Waals surface area contributed by atoms with E-state index in [1.807, 2.05) is 0 Å². The molecule has 354 valence electrons. The minimum Gasteiger partial charge on any atom is -0.356 e. The Bertz CT molecular complexity index is 1030. The summed E-state index contributed by atoms with van der Waals surface area (Å²) in [7, 11) is 17.3. The second kappa shape index (κ2) is 32.8. The van der Waals surface area contributed by atoms with Crippen molar-refractivity contribution < 1.29 is 9.59 Å². The maximum atomic E-state index is 13.4. The summed E-state index contributed by atoms with van der Waals surface area (Å²) in [6, 6.07) is 0. The Morgan fingerprint density at radius 2 is 0.867 bits per heavy atom. The highest BCUT2D eigenvalue weighted by Gasteiger charge is 2.36. The van der Waals surface area contributed by atoms with E-state index in [1.54, 1.807) is 0 Å². The van der Waals surface area contributed by atoms with Crippen molar-refractivity contribution in [2.75, 3.05) is 119 Å². The summed E-state index contributed by atoms with van der Waals surface area (Å²) >= 11 is 8.59. The first-order valence-electron chi connectivity index (χ1n) is 24.2. The predicted molar refractivity (Wildman–Crippen MR) is 273 cm³/mol. The van der Waals surface area contributed by atoms with Crippen molar-refractivity contribution in [1.82, 2.24) is 30.2 Å². The summed E-state index contributed by atoms with van der Waals surface area (Å²) in [4.78, 5) is 36.0. The second-order valence-electron chi connectivity index (χ2n) is 20.0. The van der Waals surface area contributed by atoms with Gasteiger partial charge in [-0.3, -0.25) is 9.59 Å². The van der Waals surface area contributed by atoms with E-state index in [0.29, 0.717) is 22.3 Å². The summed E-state index contributed by atoms with van der Waals surface area (Å²) in [5.74, 6) is 8.39. The smallest absolute Gasteiger partial charge is 0.223 e. The first-order chi connectivity index (χ1) is 28.6. The topological polar surface area (TPSA) is 71.2 Å². The molecule has 0 spiro atoms.